The fourth-order valence-corrected chi connectivity index (χ4v) is 3.74. The first-order chi connectivity index (χ1) is 16.2. The van der Waals surface area contributed by atoms with Crippen LogP contribution in [0, 0.1) is 0 Å². The molecule has 0 aliphatic heterocycles. The molecule has 0 fully saturated rings. The van der Waals surface area contributed by atoms with Gasteiger partial charge in [0.05, 0.1) is 19.0 Å². The lowest BCUT2D eigenvalue weighted by Crippen LogP contribution is -2.04. The topological polar surface area (TPSA) is 65.7 Å². The molecule has 0 bridgehead atoms. The zero-order valence-corrected chi connectivity index (χ0v) is 18.0. The predicted octanol–water partition coefficient (Wildman–Crippen LogP) is 5.43. The van der Waals surface area contributed by atoms with Crippen LogP contribution >= 0.6 is 0 Å². The quantitative estimate of drug-likeness (QED) is 0.333. The Labute approximate surface area is 191 Å². The van der Waals surface area contributed by atoms with Crippen molar-refractivity contribution in [1.29, 1.82) is 0 Å². The van der Waals surface area contributed by atoms with Crippen LogP contribution in [-0.2, 0) is 11.3 Å². The van der Waals surface area contributed by atoms with E-state index in [2.05, 4.69) is 10.1 Å². The zero-order chi connectivity index (χ0) is 22.6. The number of benzene rings is 3. The lowest BCUT2D eigenvalue weighted by Gasteiger charge is -2.13. The Balaban J connectivity index is 1.56. The van der Waals surface area contributed by atoms with E-state index in [1.165, 1.54) is 13.3 Å². The van der Waals surface area contributed by atoms with E-state index in [0.29, 0.717) is 17.8 Å². The second-order valence-electron chi connectivity index (χ2n) is 7.47. The Morgan fingerprint density at radius 1 is 0.848 bits per heavy atom. The van der Waals surface area contributed by atoms with E-state index < -0.39 is 5.97 Å². The Morgan fingerprint density at radius 3 is 2.24 bits per heavy atom. The molecular formula is C27H21N3O3. The standard InChI is InChI=1S/C27H21N3O3/c1-32-27(31)24-17-29-30-25(23(16-28-26(24)30)20-10-6-3-7-11-20)21-12-14-22(15-13-21)33-18-19-8-4-2-5-9-19/h2-17H,18H2,1H3. The fourth-order valence-electron chi connectivity index (χ4n) is 3.74. The molecule has 0 radical (unpaired) electrons. The second-order valence-corrected chi connectivity index (χ2v) is 7.47. The normalized spacial score (nSPS) is 10.8. The molecule has 0 saturated carbocycles. The second kappa shape index (κ2) is 8.96. The van der Waals surface area contributed by atoms with Crippen LogP contribution in [0.3, 0.4) is 0 Å². The molecule has 33 heavy (non-hydrogen) atoms. The first-order valence-electron chi connectivity index (χ1n) is 10.5. The van der Waals surface area contributed by atoms with Crippen molar-refractivity contribution in [3.63, 3.8) is 0 Å². The summed E-state index contributed by atoms with van der Waals surface area (Å²) in [4.78, 5) is 16.7. The van der Waals surface area contributed by atoms with E-state index >= 15 is 0 Å². The van der Waals surface area contributed by atoms with Crippen LogP contribution in [0.5, 0.6) is 5.75 Å². The van der Waals surface area contributed by atoms with Gasteiger partial charge in [0.25, 0.3) is 0 Å². The van der Waals surface area contributed by atoms with Gasteiger partial charge < -0.3 is 9.47 Å². The fraction of sp³-hybridized carbons (Fsp3) is 0.0741. The van der Waals surface area contributed by atoms with Gasteiger partial charge in [-0.05, 0) is 35.4 Å². The Kier molecular flexibility index (Phi) is 5.55. The van der Waals surface area contributed by atoms with Gasteiger partial charge in [-0.3, -0.25) is 0 Å². The highest BCUT2D eigenvalue weighted by Gasteiger charge is 2.20. The molecular weight excluding hydrogens is 414 g/mol. The third-order valence-corrected chi connectivity index (χ3v) is 5.39. The van der Waals surface area contributed by atoms with Crippen LogP contribution in [0.1, 0.15) is 15.9 Å². The van der Waals surface area contributed by atoms with Gasteiger partial charge in [-0.25, -0.2) is 14.3 Å². The number of methoxy groups -OCH3 is 1. The Bertz CT molecular complexity index is 1400. The van der Waals surface area contributed by atoms with Gasteiger partial charge in [-0.15, -0.1) is 0 Å². The SMILES string of the molecule is COC(=O)c1cnn2c(-c3ccc(OCc4ccccc4)cc3)c(-c3ccccc3)cnc12. The Hall–Kier alpha value is -4.45. The molecule has 6 heteroatoms. The minimum Gasteiger partial charge on any atom is -0.489 e. The largest absolute Gasteiger partial charge is 0.489 e. The highest BCUT2D eigenvalue weighted by atomic mass is 16.5. The van der Waals surface area contributed by atoms with Crippen LogP contribution in [0.2, 0.25) is 0 Å². The van der Waals surface area contributed by atoms with Crippen molar-refractivity contribution in [1.82, 2.24) is 14.6 Å². The number of hydrogen-bond acceptors (Lipinski definition) is 5. The van der Waals surface area contributed by atoms with Crippen molar-refractivity contribution in [3.8, 4) is 28.1 Å². The number of carbonyl (C=O) groups excluding carboxylic acids is 1. The number of ether oxygens (including phenoxy) is 2. The number of rotatable bonds is 6. The van der Waals surface area contributed by atoms with Crippen molar-refractivity contribution in [2.75, 3.05) is 7.11 Å². The van der Waals surface area contributed by atoms with Gasteiger partial charge in [0.2, 0.25) is 0 Å². The maximum atomic E-state index is 12.2. The first kappa shape index (κ1) is 20.5. The molecule has 0 N–H and O–H groups in total. The molecule has 6 nitrogen and oxygen atoms in total. The summed E-state index contributed by atoms with van der Waals surface area (Å²) in [5.41, 5.74) is 5.53. The Morgan fingerprint density at radius 2 is 1.55 bits per heavy atom. The van der Waals surface area contributed by atoms with Crippen LogP contribution in [0.25, 0.3) is 28.0 Å². The molecule has 5 rings (SSSR count). The van der Waals surface area contributed by atoms with E-state index in [-0.39, 0.29) is 0 Å². The lowest BCUT2D eigenvalue weighted by atomic mass is 10.0. The van der Waals surface area contributed by atoms with Gasteiger partial charge >= 0.3 is 5.97 Å². The molecule has 0 saturated heterocycles. The molecule has 0 aliphatic carbocycles. The van der Waals surface area contributed by atoms with Gasteiger partial charge in [-0.2, -0.15) is 5.10 Å². The van der Waals surface area contributed by atoms with E-state index in [4.69, 9.17) is 9.47 Å². The summed E-state index contributed by atoms with van der Waals surface area (Å²) in [6.45, 7) is 0.497. The molecule has 0 atom stereocenters. The third-order valence-electron chi connectivity index (χ3n) is 5.39. The number of esters is 1. The van der Waals surface area contributed by atoms with E-state index in [9.17, 15) is 4.79 Å². The monoisotopic (exact) mass is 435 g/mol. The molecule has 2 aromatic heterocycles. The van der Waals surface area contributed by atoms with Crippen molar-refractivity contribution >= 4 is 11.6 Å². The average molecular weight is 435 g/mol. The summed E-state index contributed by atoms with van der Waals surface area (Å²) in [6.07, 6.45) is 3.26. The summed E-state index contributed by atoms with van der Waals surface area (Å²) in [7, 11) is 1.35. The third kappa shape index (κ3) is 4.06. The smallest absolute Gasteiger partial charge is 0.343 e. The molecule has 3 aromatic carbocycles. The van der Waals surface area contributed by atoms with E-state index in [0.717, 1.165) is 33.7 Å². The van der Waals surface area contributed by atoms with E-state index in [1.807, 2.05) is 84.9 Å². The number of carbonyl (C=O) groups is 1. The van der Waals surface area contributed by atoms with Crippen molar-refractivity contribution in [2.24, 2.45) is 0 Å². The summed E-state index contributed by atoms with van der Waals surface area (Å²) in [6, 6.07) is 27.9. The zero-order valence-electron chi connectivity index (χ0n) is 18.0. The van der Waals surface area contributed by atoms with Crippen LogP contribution in [-0.4, -0.2) is 27.7 Å². The van der Waals surface area contributed by atoms with Crippen molar-refractivity contribution < 1.29 is 14.3 Å². The summed E-state index contributed by atoms with van der Waals surface area (Å²) in [5.74, 6) is 0.297. The van der Waals surface area contributed by atoms with E-state index in [1.54, 1.807) is 10.7 Å². The molecule has 2 heterocycles. The summed E-state index contributed by atoms with van der Waals surface area (Å²) in [5, 5.41) is 4.47. The first-order valence-corrected chi connectivity index (χ1v) is 10.5. The van der Waals surface area contributed by atoms with Crippen LogP contribution in [0.15, 0.2) is 97.3 Å². The van der Waals surface area contributed by atoms with Crippen molar-refractivity contribution in [2.45, 2.75) is 6.61 Å². The molecule has 5 aromatic rings. The highest BCUT2D eigenvalue weighted by molar-refractivity contribution is 5.96. The molecule has 162 valence electrons. The minimum absolute atomic E-state index is 0.321. The molecule has 0 amide bonds. The van der Waals surface area contributed by atoms with Gasteiger partial charge in [-0.1, -0.05) is 60.7 Å². The van der Waals surface area contributed by atoms with Crippen LogP contribution in [0.4, 0.5) is 0 Å². The van der Waals surface area contributed by atoms with Gasteiger partial charge in [0.1, 0.15) is 17.9 Å². The minimum atomic E-state index is -0.472. The van der Waals surface area contributed by atoms with Crippen LogP contribution < -0.4 is 4.74 Å². The number of hydrogen-bond donors (Lipinski definition) is 0. The number of fused-ring (bicyclic) bond motifs is 1. The molecule has 0 unspecified atom stereocenters. The van der Waals surface area contributed by atoms with Gasteiger partial charge in [0.15, 0.2) is 5.65 Å². The summed E-state index contributed by atoms with van der Waals surface area (Å²) >= 11 is 0. The average Bonchev–Trinajstić information content (AvgIpc) is 3.32. The van der Waals surface area contributed by atoms with Gasteiger partial charge in [0, 0.05) is 17.3 Å². The maximum Gasteiger partial charge on any atom is 0.343 e. The summed E-state index contributed by atoms with van der Waals surface area (Å²) < 4.78 is 12.5. The molecule has 0 aliphatic rings. The van der Waals surface area contributed by atoms with Crippen molar-refractivity contribution in [3.05, 3.63) is 108 Å². The molecule has 0 spiro atoms. The predicted molar refractivity (Wildman–Crippen MR) is 126 cm³/mol. The number of nitrogens with zero attached hydrogens (tertiary/aromatic N) is 3. The highest BCUT2D eigenvalue weighted by Crippen LogP contribution is 2.33. The maximum absolute atomic E-state index is 12.2. The lowest BCUT2D eigenvalue weighted by molar-refractivity contribution is 0.0602. The number of aromatic nitrogens is 3.